The lowest BCUT2D eigenvalue weighted by Crippen LogP contribution is -2.06. The molecule has 0 saturated carbocycles. The standard InChI is InChI=1S/C15H5F5O2S/c16-9-8(10(17)12(19)13(20)11(9)18)7-5-3-1-2-4-6(5)23-14(7)15(21)22/h1-4H,(H,21,22). The quantitative estimate of drug-likeness (QED) is 0.405. The van der Waals surface area contributed by atoms with E-state index in [2.05, 4.69) is 0 Å². The van der Waals surface area contributed by atoms with Crippen molar-refractivity contribution >= 4 is 27.4 Å². The van der Waals surface area contributed by atoms with Crippen molar-refractivity contribution in [2.45, 2.75) is 0 Å². The zero-order valence-corrected chi connectivity index (χ0v) is 11.8. The number of carboxylic acid groups (broad SMARTS) is 1. The van der Waals surface area contributed by atoms with E-state index in [1.54, 1.807) is 6.07 Å². The molecule has 1 N–H and O–H groups in total. The molecule has 3 rings (SSSR count). The van der Waals surface area contributed by atoms with Crippen molar-refractivity contribution in [3.63, 3.8) is 0 Å². The van der Waals surface area contributed by atoms with Gasteiger partial charge in [0.2, 0.25) is 5.82 Å². The predicted octanol–water partition coefficient (Wildman–Crippen LogP) is 4.96. The average Bonchev–Trinajstić information content (AvgIpc) is 2.91. The molecule has 0 aliphatic rings. The molecule has 2 aromatic carbocycles. The Balaban J connectivity index is 2.52. The van der Waals surface area contributed by atoms with Crippen molar-refractivity contribution in [1.29, 1.82) is 0 Å². The first-order valence-electron chi connectivity index (χ1n) is 6.11. The fraction of sp³-hybridized carbons (Fsp3) is 0. The fourth-order valence-corrected chi connectivity index (χ4v) is 3.32. The Hall–Kier alpha value is -2.48. The van der Waals surface area contributed by atoms with Crippen molar-refractivity contribution in [3.8, 4) is 11.1 Å². The fourth-order valence-electron chi connectivity index (χ4n) is 2.27. The molecule has 0 fully saturated rings. The maximum atomic E-state index is 14.0. The molecule has 0 saturated heterocycles. The van der Waals surface area contributed by atoms with Gasteiger partial charge in [-0.05, 0) is 6.07 Å². The van der Waals surface area contributed by atoms with Gasteiger partial charge < -0.3 is 5.11 Å². The summed E-state index contributed by atoms with van der Waals surface area (Å²) in [6.45, 7) is 0. The normalized spacial score (nSPS) is 11.2. The van der Waals surface area contributed by atoms with Crippen LogP contribution in [0.5, 0.6) is 0 Å². The van der Waals surface area contributed by atoms with Gasteiger partial charge >= 0.3 is 5.97 Å². The molecule has 0 radical (unpaired) electrons. The van der Waals surface area contributed by atoms with Gasteiger partial charge in [0.15, 0.2) is 23.3 Å². The second-order valence-electron chi connectivity index (χ2n) is 4.55. The largest absolute Gasteiger partial charge is 0.477 e. The lowest BCUT2D eigenvalue weighted by atomic mass is 10.00. The van der Waals surface area contributed by atoms with Crippen LogP contribution in [-0.4, -0.2) is 11.1 Å². The van der Waals surface area contributed by atoms with Crippen LogP contribution in [0.2, 0.25) is 0 Å². The van der Waals surface area contributed by atoms with Gasteiger partial charge in [-0.15, -0.1) is 11.3 Å². The van der Waals surface area contributed by atoms with Crippen LogP contribution < -0.4 is 0 Å². The highest BCUT2D eigenvalue weighted by atomic mass is 32.1. The maximum Gasteiger partial charge on any atom is 0.346 e. The second kappa shape index (κ2) is 5.31. The van der Waals surface area contributed by atoms with Gasteiger partial charge in [0.25, 0.3) is 0 Å². The van der Waals surface area contributed by atoms with Crippen LogP contribution in [0, 0.1) is 29.1 Å². The van der Waals surface area contributed by atoms with E-state index in [4.69, 9.17) is 0 Å². The zero-order chi connectivity index (χ0) is 16.9. The number of halogens is 5. The molecule has 0 aliphatic heterocycles. The number of rotatable bonds is 2. The molecular weight excluding hydrogens is 339 g/mol. The topological polar surface area (TPSA) is 37.3 Å². The van der Waals surface area contributed by atoms with Crippen molar-refractivity contribution in [1.82, 2.24) is 0 Å². The molecule has 0 bridgehead atoms. The molecule has 3 aromatic rings. The smallest absolute Gasteiger partial charge is 0.346 e. The third-order valence-corrected chi connectivity index (χ3v) is 4.41. The monoisotopic (exact) mass is 344 g/mol. The summed E-state index contributed by atoms with van der Waals surface area (Å²) in [7, 11) is 0. The molecule has 0 amide bonds. The molecule has 23 heavy (non-hydrogen) atoms. The molecule has 0 aliphatic carbocycles. The molecule has 1 aromatic heterocycles. The number of hydrogen-bond acceptors (Lipinski definition) is 2. The Bertz CT molecular complexity index is 935. The minimum absolute atomic E-state index is 0.0955. The van der Waals surface area contributed by atoms with E-state index in [1.165, 1.54) is 18.2 Å². The van der Waals surface area contributed by atoms with Crippen molar-refractivity contribution in [3.05, 3.63) is 58.2 Å². The van der Waals surface area contributed by atoms with Crippen LogP contribution in [0.25, 0.3) is 21.2 Å². The SMILES string of the molecule is O=C(O)c1sc2ccccc2c1-c1c(F)c(F)c(F)c(F)c1F. The molecule has 8 heteroatoms. The summed E-state index contributed by atoms with van der Waals surface area (Å²) in [6, 6.07) is 5.87. The molecule has 2 nitrogen and oxygen atoms in total. The van der Waals surface area contributed by atoms with E-state index in [9.17, 15) is 31.9 Å². The van der Waals surface area contributed by atoms with Crippen LogP contribution in [0.1, 0.15) is 9.67 Å². The van der Waals surface area contributed by atoms with Gasteiger partial charge in [-0.1, -0.05) is 18.2 Å². The molecule has 0 atom stereocenters. The number of carboxylic acids is 1. The summed E-state index contributed by atoms with van der Waals surface area (Å²) in [5.41, 5.74) is -1.76. The first-order chi connectivity index (χ1) is 10.8. The summed E-state index contributed by atoms with van der Waals surface area (Å²) in [6.07, 6.45) is 0. The van der Waals surface area contributed by atoms with Gasteiger partial charge in [0.1, 0.15) is 4.88 Å². The number of hydrogen-bond donors (Lipinski definition) is 1. The molecule has 0 spiro atoms. The van der Waals surface area contributed by atoms with E-state index in [-0.39, 0.29) is 5.39 Å². The van der Waals surface area contributed by atoms with E-state index >= 15 is 0 Å². The second-order valence-corrected chi connectivity index (χ2v) is 5.60. The number of carbonyl (C=O) groups is 1. The highest BCUT2D eigenvalue weighted by Gasteiger charge is 2.31. The van der Waals surface area contributed by atoms with Crippen LogP contribution in [-0.2, 0) is 0 Å². The van der Waals surface area contributed by atoms with E-state index in [0.717, 1.165) is 0 Å². The first-order valence-corrected chi connectivity index (χ1v) is 6.92. The minimum atomic E-state index is -2.29. The van der Waals surface area contributed by atoms with Crippen LogP contribution in [0.4, 0.5) is 22.0 Å². The van der Waals surface area contributed by atoms with Crippen molar-refractivity contribution in [2.24, 2.45) is 0 Å². The van der Waals surface area contributed by atoms with Crippen LogP contribution in [0.3, 0.4) is 0 Å². The molecular formula is C15H5F5O2S. The lowest BCUT2D eigenvalue weighted by Gasteiger charge is -2.09. The molecule has 118 valence electrons. The van der Waals surface area contributed by atoms with E-state index < -0.39 is 51.1 Å². The number of benzene rings is 2. The zero-order valence-electron chi connectivity index (χ0n) is 11.0. The Morgan fingerprint density at radius 2 is 1.35 bits per heavy atom. The van der Waals surface area contributed by atoms with Crippen molar-refractivity contribution in [2.75, 3.05) is 0 Å². The summed E-state index contributed by atoms with van der Waals surface area (Å²) < 4.78 is 68.4. The summed E-state index contributed by atoms with van der Waals surface area (Å²) in [5.74, 6) is -12.2. The van der Waals surface area contributed by atoms with E-state index in [0.29, 0.717) is 16.0 Å². The number of fused-ring (bicyclic) bond motifs is 1. The number of thiophene rings is 1. The summed E-state index contributed by atoms with van der Waals surface area (Å²) >= 11 is 0.689. The van der Waals surface area contributed by atoms with E-state index in [1.807, 2.05) is 0 Å². The Morgan fingerprint density at radius 3 is 1.91 bits per heavy atom. The number of aromatic carboxylic acids is 1. The molecule has 1 heterocycles. The van der Waals surface area contributed by atoms with Gasteiger partial charge in [-0.2, -0.15) is 0 Å². The van der Waals surface area contributed by atoms with Crippen LogP contribution >= 0.6 is 11.3 Å². The van der Waals surface area contributed by atoms with Gasteiger partial charge in [0, 0.05) is 15.6 Å². The third-order valence-electron chi connectivity index (χ3n) is 3.25. The van der Waals surface area contributed by atoms with Crippen molar-refractivity contribution < 1.29 is 31.9 Å². The highest BCUT2D eigenvalue weighted by Crippen LogP contribution is 2.42. The Morgan fingerprint density at radius 1 is 0.826 bits per heavy atom. The minimum Gasteiger partial charge on any atom is -0.477 e. The maximum absolute atomic E-state index is 14.0. The van der Waals surface area contributed by atoms with Gasteiger partial charge in [-0.25, -0.2) is 26.7 Å². The third kappa shape index (κ3) is 2.17. The lowest BCUT2D eigenvalue weighted by molar-refractivity contribution is 0.0703. The van der Waals surface area contributed by atoms with Gasteiger partial charge in [-0.3, -0.25) is 0 Å². The van der Waals surface area contributed by atoms with Gasteiger partial charge in [0.05, 0.1) is 5.56 Å². The summed E-state index contributed by atoms with van der Waals surface area (Å²) in [5, 5.41) is 9.30. The van der Waals surface area contributed by atoms with Crippen LogP contribution in [0.15, 0.2) is 24.3 Å². The summed E-state index contributed by atoms with van der Waals surface area (Å²) in [4.78, 5) is 10.8. The predicted molar refractivity (Wildman–Crippen MR) is 74.0 cm³/mol. The first kappa shape index (κ1) is 15.4. The Kier molecular flexibility index (Phi) is 3.56. The average molecular weight is 344 g/mol. The Labute approximate surface area is 129 Å². The molecule has 0 unspecified atom stereocenters. The highest BCUT2D eigenvalue weighted by molar-refractivity contribution is 7.21.